The summed E-state index contributed by atoms with van der Waals surface area (Å²) in [5, 5.41) is 0. The van der Waals surface area contributed by atoms with E-state index in [9.17, 15) is 0 Å². The third-order valence-corrected chi connectivity index (χ3v) is 3.57. The Balaban J connectivity index is 1.98. The first-order chi connectivity index (χ1) is 8.72. The fraction of sp³-hybridized carbons (Fsp3) is 0.133. The van der Waals surface area contributed by atoms with Gasteiger partial charge in [-0.2, -0.15) is 0 Å². The number of imidazole rings is 1. The Hall–Kier alpha value is -1.61. The molecule has 18 heavy (non-hydrogen) atoms. The summed E-state index contributed by atoms with van der Waals surface area (Å²) in [6.07, 6.45) is 4.98. The molecule has 0 aliphatic rings. The van der Waals surface area contributed by atoms with Crippen LogP contribution >= 0.6 is 15.9 Å². The van der Waals surface area contributed by atoms with E-state index in [1.165, 1.54) is 11.1 Å². The van der Waals surface area contributed by atoms with Crippen molar-refractivity contribution in [1.29, 1.82) is 0 Å². The average Bonchev–Trinajstić information content (AvgIpc) is 2.73. The molecule has 0 radical (unpaired) electrons. The molecule has 0 saturated heterocycles. The molecule has 2 heterocycles. The number of halogens is 1. The van der Waals surface area contributed by atoms with E-state index < -0.39 is 0 Å². The molecule has 0 bridgehead atoms. The van der Waals surface area contributed by atoms with Crippen LogP contribution in [0.2, 0.25) is 0 Å². The number of hydrogen-bond acceptors (Lipinski definition) is 1. The Morgan fingerprint density at radius 3 is 2.89 bits per heavy atom. The van der Waals surface area contributed by atoms with Crippen molar-refractivity contribution < 1.29 is 0 Å². The molecular weight excluding hydrogens is 288 g/mol. The lowest BCUT2D eigenvalue weighted by atomic mass is 10.1. The minimum absolute atomic E-state index is 0.871. The Labute approximate surface area is 114 Å². The summed E-state index contributed by atoms with van der Waals surface area (Å²) in [5.74, 6) is 0. The highest BCUT2D eigenvalue weighted by atomic mass is 79.9. The average molecular weight is 301 g/mol. The quantitative estimate of drug-likeness (QED) is 0.699. The van der Waals surface area contributed by atoms with E-state index in [1.807, 2.05) is 18.3 Å². The van der Waals surface area contributed by atoms with Gasteiger partial charge in [0.15, 0.2) is 5.65 Å². The SMILES string of the molecule is Cc1cccc(Cc2cn3cccc(Br)c3n2)c1. The molecule has 0 saturated carbocycles. The van der Waals surface area contributed by atoms with Crippen molar-refractivity contribution in [3.63, 3.8) is 0 Å². The maximum absolute atomic E-state index is 4.65. The Morgan fingerprint density at radius 1 is 1.22 bits per heavy atom. The van der Waals surface area contributed by atoms with Crippen LogP contribution in [0.5, 0.6) is 0 Å². The van der Waals surface area contributed by atoms with Gasteiger partial charge in [0, 0.05) is 18.8 Å². The summed E-state index contributed by atoms with van der Waals surface area (Å²) in [7, 11) is 0. The lowest BCUT2D eigenvalue weighted by Gasteiger charge is -1.99. The fourth-order valence-electron chi connectivity index (χ4n) is 2.15. The predicted octanol–water partition coefficient (Wildman–Crippen LogP) is 4.00. The summed E-state index contributed by atoms with van der Waals surface area (Å²) in [6.45, 7) is 2.11. The van der Waals surface area contributed by atoms with Crippen LogP contribution in [0.4, 0.5) is 0 Å². The third-order valence-electron chi connectivity index (χ3n) is 2.95. The van der Waals surface area contributed by atoms with E-state index in [0.717, 1.165) is 22.2 Å². The van der Waals surface area contributed by atoms with Crippen molar-refractivity contribution >= 4 is 21.6 Å². The van der Waals surface area contributed by atoms with Crippen LogP contribution in [0.1, 0.15) is 16.8 Å². The number of aryl methyl sites for hydroxylation is 1. The van der Waals surface area contributed by atoms with Gasteiger partial charge in [0.2, 0.25) is 0 Å². The number of benzene rings is 1. The number of nitrogens with zero attached hydrogens (tertiary/aromatic N) is 2. The van der Waals surface area contributed by atoms with Crippen LogP contribution in [-0.2, 0) is 6.42 Å². The zero-order valence-corrected chi connectivity index (χ0v) is 11.7. The van der Waals surface area contributed by atoms with Crippen LogP contribution in [0, 0.1) is 6.92 Å². The molecule has 1 aromatic carbocycles. The second-order valence-corrected chi connectivity index (χ2v) is 5.34. The van der Waals surface area contributed by atoms with Gasteiger partial charge in [-0.3, -0.25) is 0 Å². The first kappa shape index (κ1) is 11.5. The van der Waals surface area contributed by atoms with Gasteiger partial charge in [0.25, 0.3) is 0 Å². The molecule has 0 amide bonds. The standard InChI is InChI=1S/C15H13BrN2/c1-11-4-2-5-12(8-11)9-13-10-18-7-3-6-14(16)15(18)17-13/h2-8,10H,9H2,1H3. The van der Waals surface area contributed by atoms with Gasteiger partial charge < -0.3 is 4.40 Å². The zero-order chi connectivity index (χ0) is 12.5. The Morgan fingerprint density at radius 2 is 2.11 bits per heavy atom. The van der Waals surface area contributed by atoms with Gasteiger partial charge in [-0.25, -0.2) is 4.98 Å². The van der Waals surface area contributed by atoms with Gasteiger partial charge in [-0.05, 0) is 40.5 Å². The molecule has 0 aliphatic heterocycles. The highest BCUT2D eigenvalue weighted by Crippen LogP contribution is 2.18. The molecule has 0 spiro atoms. The molecule has 2 aromatic heterocycles. The summed E-state index contributed by atoms with van der Waals surface area (Å²) >= 11 is 3.52. The Bertz CT molecular complexity index is 701. The van der Waals surface area contributed by atoms with Gasteiger partial charge in [-0.15, -0.1) is 0 Å². The number of hydrogen-bond donors (Lipinski definition) is 0. The van der Waals surface area contributed by atoms with E-state index >= 15 is 0 Å². The van der Waals surface area contributed by atoms with Crippen molar-refractivity contribution in [1.82, 2.24) is 9.38 Å². The maximum atomic E-state index is 4.65. The van der Waals surface area contributed by atoms with Crippen LogP contribution in [0.3, 0.4) is 0 Å². The molecule has 3 rings (SSSR count). The number of aromatic nitrogens is 2. The van der Waals surface area contributed by atoms with Crippen LogP contribution < -0.4 is 0 Å². The molecule has 0 unspecified atom stereocenters. The summed E-state index contributed by atoms with van der Waals surface area (Å²) in [4.78, 5) is 4.65. The second-order valence-electron chi connectivity index (χ2n) is 4.49. The van der Waals surface area contributed by atoms with Gasteiger partial charge in [0.1, 0.15) is 0 Å². The lowest BCUT2D eigenvalue weighted by molar-refractivity contribution is 1.11. The van der Waals surface area contributed by atoms with Gasteiger partial charge in [0.05, 0.1) is 10.2 Å². The lowest BCUT2D eigenvalue weighted by Crippen LogP contribution is -1.88. The highest BCUT2D eigenvalue weighted by Gasteiger charge is 2.05. The first-order valence-electron chi connectivity index (χ1n) is 5.90. The minimum Gasteiger partial charge on any atom is -0.306 e. The Kier molecular flexibility index (Phi) is 2.92. The minimum atomic E-state index is 0.871. The van der Waals surface area contributed by atoms with Crippen molar-refractivity contribution in [3.05, 3.63) is 70.1 Å². The monoisotopic (exact) mass is 300 g/mol. The van der Waals surface area contributed by atoms with Gasteiger partial charge >= 0.3 is 0 Å². The molecule has 2 nitrogen and oxygen atoms in total. The highest BCUT2D eigenvalue weighted by molar-refractivity contribution is 9.10. The van der Waals surface area contributed by atoms with Gasteiger partial charge in [-0.1, -0.05) is 29.8 Å². The van der Waals surface area contributed by atoms with E-state index in [-0.39, 0.29) is 0 Å². The van der Waals surface area contributed by atoms with Crippen LogP contribution in [0.25, 0.3) is 5.65 Å². The zero-order valence-electron chi connectivity index (χ0n) is 10.1. The summed E-state index contributed by atoms with van der Waals surface area (Å²) < 4.78 is 3.08. The van der Waals surface area contributed by atoms with E-state index in [0.29, 0.717) is 0 Å². The summed E-state index contributed by atoms with van der Waals surface area (Å²) in [6, 6.07) is 12.6. The van der Waals surface area contributed by atoms with Crippen LogP contribution in [-0.4, -0.2) is 9.38 Å². The smallest absolute Gasteiger partial charge is 0.151 e. The molecule has 0 aliphatic carbocycles. The van der Waals surface area contributed by atoms with E-state index in [2.05, 4.69) is 62.7 Å². The maximum Gasteiger partial charge on any atom is 0.151 e. The van der Waals surface area contributed by atoms with Crippen molar-refractivity contribution in [2.45, 2.75) is 13.3 Å². The normalized spacial score (nSPS) is 11.0. The molecule has 90 valence electrons. The van der Waals surface area contributed by atoms with Crippen molar-refractivity contribution in [2.24, 2.45) is 0 Å². The molecular formula is C15H13BrN2. The predicted molar refractivity (Wildman–Crippen MR) is 76.9 cm³/mol. The summed E-state index contributed by atoms with van der Waals surface area (Å²) in [5.41, 5.74) is 4.65. The number of rotatable bonds is 2. The fourth-order valence-corrected chi connectivity index (χ4v) is 2.59. The van der Waals surface area contributed by atoms with Crippen LogP contribution in [0.15, 0.2) is 53.3 Å². The van der Waals surface area contributed by atoms with Crippen molar-refractivity contribution in [3.8, 4) is 0 Å². The second kappa shape index (κ2) is 4.58. The molecule has 0 atom stereocenters. The van der Waals surface area contributed by atoms with E-state index in [1.54, 1.807) is 0 Å². The molecule has 0 N–H and O–H groups in total. The first-order valence-corrected chi connectivity index (χ1v) is 6.69. The molecule has 0 fully saturated rings. The molecule has 3 heteroatoms. The van der Waals surface area contributed by atoms with E-state index in [4.69, 9.17) is 0 Å². The van der Waals surface area contributed by atoms with Crippen molar-refractivity contribution in [2.75, 3.05) is 0 Å². The number of pyridine rings is 1. The third kappa shape index (κ3) is 2.18. The largest absolute Gasteiger partial charge is 0.306 e. The number of fused-ring (bicyclic) bond motifs is 1. The molecule has 3 aromatic rings. The topological polar surface area (TPSA) is 17.3 Å².